The first-order chi connectivity index (χ1) is 16.9. The van der Waals surface area contributed by atoms with Crippen LogP contribution in [0.2, 0.25) is 0 Å². The van der Waals surface area contributed by atoms with Crippen molar-refractivity contribution in [3.63, 3.8) is 0 Å². The molecule has 9 nitrogen and oxygen atoms in total. The number of hydrogen-bond donors (Lipinski definition) is 2. The maximum atomic E-state index is 13.1. The first kappa shape index (κ1) is 23.2. The fourth-order valence-electron chi connectivity index (χ4n) is 3.34. The summed E-state index contributed by atoms with van der Waals surface area (Å²) in [5, 5.41) is 2.18. The number of nitrogens with zero attached hydrogens (tertiary/aromatic N) is 1. The third kappa shape index (κ3) is 5.72. The van der Waals surface area contributed by atoms with Crippen LogP contribution in [-0.2, 0) is 21.0 Å². The summed E-state index contributed by atoms with van der Waals surface area (Å²) in [5.74, 6) is -1.34. The summed E-state index contributed by atoms with van der Waals surface area (Å²) < 4.78 is 11.0. The first-order valence-corrected chi connectivity index (χ1v) is 10.6. The molecule has 3 aromatic rings. The highest BCUT2D eigenvalue weighted by molar-refractivity contribution is 6.39. The fraction of sp³-hybridized carbons (Fsp3) is 0.0769. The lowest BCUT2D eigenvalue weighted by atomic mass is 10.1. The molecule has 0 bridgehead atoms. The Balaban J connectivity index is 1.52. The topological polar surface area (TPSA) is 128 Å². The Hall–Kier alpha value is -4.92. The molecule has 0 saturated carbocycles. The molecule has 5 amide bonds. The van der Waals surface area contributed by atoms with Crippen LogP contribution in [0.25, 0.3) is 6.08 Å². The van der Waals surface area contributed by atoms with Crippen molar-refractivity contribution in [1.82, 2.24) is 5.32 Å². The van der Waals surface area contributed by atoms with E-state index in [0.717, 1.165) is 10.5 Å². The van der Waals surface area contributed by atoms with Gasteiger partial charge in [0.05, 0.1) is 5.69 Å². The third-order valence-corrected chi connectivity index (χ3v) is 5.00. The number of carbonyl (C=O) groups is 4. The molecule has 35 heavy (non-hydrogen) atoms. The van der Waals surface area contributed by atoms with E-state index in [1.54, 1.807) is 42.5 Å². The van der Waals surface area contributed by atoms with Gasteiger partial charge in [0.1, 0.15) is 23.7 Å². The van der Waals surface area contributed by atoms with Gasteiger partial charge < -0.3 is 15.2 Å². The van der Waals surface area contributed by atoms with Crippen LogP contribution < -0.4 is 25.4 Å². The number of hydrogen-bond acceptors (Lipinski definition) is 6. The molecular weight excluding hydrogens is 450 g/mol. The van der Waals surface area contributed by atoms with Crippen molar-refractivity contribution in [2.24, 2.45) is 5.73 Å². The Labute approximate surface area is 200 Å². The maximum absolute atomic E-state index is 13.1. The smallest absolute Gasteiger partial charge is 0.335 e. The van der Waals surface area contributed by atoms with E-state index in [1.165, 1.54) is 12.1 Å². The Morgan fingerprint density at radius 3 is 2.34 bits per heavy atom. The van der Waals surface area contributed by atoms with Gasteiger partial charge in [0.2, 0.25) is 0 Å². The SMILES string of the molecule is NC(=O)COc1cccc(/C=C2/C(=O)NC(=O)N(c3ccc(OCc4ccccc4)cc3)C2=O)c1. The zero-order valence-corrected chi connectivity index (χ0v) is 18.5. The molecule has 0 unspecified atom stereocenters. The van der Waals surface area contributed by atoms with Gasteiger partial charge in [0, 0.05) is 0 Å². The molecule has 0 aliphatic carbocycles. The number of amides is 5. The minimum Gasteiger partial charge on any atom is -0.489 e. The number of urea groups is 1. The van der Waals surface area contributed by atoms with Gasteiger partial charge in [-0.15, -0.1) is 0 Å². The summed E-state index contributed by atoms with van der Waals surface area (Å²) >= 11 is 0. The van der Waals surface area contributed by atoms with Crippen LogP contribution in [0.15, 0.2) is 84.4 Å². The quantitative estimate of drug-likeness (QED) is 0.384. The minimum atomic E-state index is -0.853. The molecule has 0 aromatic heterocycles. The minimum absolute atomic E-state index is 0.235. The van der Waals surface area contributed by atoms with E-state index in [9.17, 15) is 19.2 Å². The lowest BCUT2D eigenvalue weighted by Crippen LogP contribution is -2.54. The molecule has 176 valence electrons. The highest BCUT2D eigenvalue weighted by atomic mass is 16.5. The molecule has 3 aromatic carbocycles. The fourth-order valence-corrected chi connectivity index (χ4v) is 3.34. The molecule has 1 aliphatic rings. The van der Waals surface area contributed by atoms with Crippen molar-refractivity contribution in [3.8, 4) is 11.5 Å². The van der Waals surface area contributed by atoms with E-state index in [-0.39, 0.29) is 17.9 Å². The van der Waals surface area contributed by atoms with Crippen LogP contribution in [0.5, 0.6) is 11.5 Å². The van der Waals surface area contributed by atoms with Crippen molar-refractivity contribution in [2.45, 2.75) is 6.61 Å². The predicted molar refractivity (Wildman–Crippen MR) is 127 cm³/mol. The summed E-state index contributed by atoms with van der Waals surface area (Å²) in [7, 11) is 0. The van der Waals surface area contributed by atoms with Gasteiger partial charge in [-0.2, -0.15) is 0 Å². The number of nitrogens with two attached hydrogens (primary N) is 1. The predicted octanol–water partition coefficient (Wildman–Crippen LogP) is 2.80. The van der Waals surface area contributed by atoms with Gasteiger partial charge >= 0.3 is 6.03 Å². The molecule has 1 aliphatic heterocycles. The van der Waals surface area contributed by atoms with Crippen LogP contribution in [0.1, 0.15) is 11.1 Å². The van der Waals surface area contributed by atoms with E-state index >= 15 is 0 Å². The number of nitrogens with one attached hydrogen (secondary N) is 1. The highest BCUT2D eigenvalue weighted by Crippen LogP contribution is 2.25. The zero-order valence-electron chi connectivity index (χ0n) is 18.5. The summed E-state index contributed by atoms with van der Waals surface area (Å²) in [5.41, 5.74) is 6.58. The lowest BCUT2D eigenvalue weighted by molar-refractivity contribution is -0.123. The van der Waals surface area contributed by atoms with Crippen LogP contribution in [0.3, 0.4) is 0 Å². The Bertz CT molecular complexity index is 1300. The molecule has 3 N–H and O–H groups in total. The van der Waals surface area contributed by atoms with Crippen LogP contribution in [0.4, 0.5) is 10.5 Å². The van der Waals surface area contributed by atoms with Crippen molar-refractivity contribution in [3.05, 3.63) is 95.6 Å². The van der Waals surface area contributed by atoms with Gasteiger partial charge in [0.25, 0.3) is 17.7 Å². The van der Waals surface area contributed by atoms with Crippen molar-refractivity contribution in [1.29, 1.82) is 0 Å². The number of primary amides is 1. The van der Waals surface area contributed by atoms with E-state index in [2.05, 4.69) is 5.32 Å². The number of ether oxygens (including phenoxy) is 2. The molecule has 0 radical (unpaired) electrons. The lowest BCUT2D eigenvalue weighted by Gasteiger charge is -2.26. The van der Waals surface area contributed by atoms with Gasteiger partial charge in [-0.3, -0.25) is 19.7 Å². The van der Waals surface area contributed by atoms with Gasteiger partial charge in [-0.25, -0.2) is 9.69 Å². The standard InChI is InChI=1S/C26H21N3O6/c27-23(30)16-35-21-8-4-7-18(13-21)14-22-24(31)28-26(33)29(25(22)32)19-9-11-20(12-10-19)34-15-17-5-2-1-3-6-17/h1-14H,15-16H2,(H2,27,30)(H,28,31,33)/b22-14-. The summed E-state index contributed by atoms with van der Waals surface area (Å²) in [6.45, 7) is 0.0553. The molecule has 1 fully saturated rings. The number of rotatable bonds is 8. The van der Waals surface area contributed by atoms with Crippen LogP contribution in [0, 0.1) is 0 Å². The number of imide groups is 2. The van der Waals surface area contributed by atoms with Crippen molar-refractivity contribution in [2.75, 3.05) is 11.5 Å². The van der Waals surface area contributed by atoms with Crippen LogP contribution in [-0.4, -0.2) is 30.4 Å². The van der Waals surface area contributed by atoms with Gasteiger partial charge in [-0.1, -0.05) is 42.5 Å². The Morgan fingerprint density at radius 1 is 0.886 bits per heavy atom. The maximum Gasteiger partial charge on any atom is 0.335 e. The Morgan fingerprint density at radius 2 is 1.63 bits per heavy atom. The van der Waals surface area contributed by atoms with Crippen molar-refractivity contribution < 1.29 is 28.7 Å². The monoisotopic (exact) mass is 471 g/mol. The highest BCUT2D eigenvalue weighted by Gasteiger charge is 2.36. The third-order valence-electron chi connectivity index (χ3n) is 5.00. The number of benzene rings is 3. The molecule has 4 rings (SSSR count). The number of anilines is 1. The second kappa shape index (κ2) is 10.3. The largest absolute Gasteiger partial charge is 0.489 e. The average molecular weight is 471 g/mol. The van der Waals surface area contributed by atoms with Crippen molar-refractivity contribution >= 4 is 35.5 Å². The van der Waals surface area contributed by atoms with Gasteiger partial charge in [0.15, 0.2) is 6.61 Å². The molecule has 0 atom stereocenters. The zero-order chi connectivity index (χ0) is 24.8. The van der Waals surface area contributed by atoms with E-state index < -0.39 is 23.8 Å². The van der Waals surface area contributed by atoms with E-state index in [0.29, 0.717) is 23.7 Å². The Kier molecular flexibility index (Phi) is 6.87. The molecule has 9 heteroatoms. The first-order valence-electron chi connectivity index (χ1n) is 10.6. The molecular formula is C26H21N3O6. The van der Waals surface area contributed by atoms with E-state index in [4.69, 9.17) is 15.2 Å². The normalized spacial score (nSPS) is 14.6. The van der Waals surface area contributed by atoms with Gasteiger partial charge in [-0.05, 0) is 53.6 Å². The number of carbonyl (C=O) groups excluding carboxylic acids is 4. The molecule has 1 heterocycles. The molecule has 1 saturated heterocycles. The number of barbiturate groups is 1. The summed E-state index contributed by atoms with van der Waals surface area (Å²) in [4.78, 5) is 49.8. The summed E-state index contributed by atoms with van der Waals surface area (Å²) in [6.07, 6.45) is 1.34. The summed E-state index contributed by atoms with van der Waals surface area (Å²) in [6, 6.07) is 21.6. The second-order valence-corrected chi connectivity index (χ2v) is 7.55. The molecule has 0 spiro atoms. The second-order valence-electron chi connectivity index (χ2n) is 7.55. The average Bonchev–Trinajstić information content (AvgIpc) is 2.85. The van der Waals surface area contributed by atoms with Crippen LogP contribution >= 0.6 is 0 Å². The van der Waals surface area contributed by atoms with E-state index in [1.807, 2.05) is 30.3 Å².